The maximum atomic E-state index is 12.3. The van der Waals surface area contributed by atoms with Gasteiger partial charge in [0.1, 0.15) is 9.23 Å². The molecule has 0 atom stereocenters. The Kier molecular flexibility index (Phi) is 5.57. The summed E-state index contributed by atoms with van der Waals surface area (Å²) in [7, 11) is -3.85. The maximum absolute atomic E-state index is 12.3. The van der Waals surface area contributed by atoms with Gasteiger partial charge in [-0.2, -0.15) is 0 Å². The highest BCUT2D eigenvalue weighted by molar-refractivity contribution is 7.93. The molecule has 2 aromatic rings. The second-order valence-electron chi connectivity index (χ2n) is 4.83. The summed E-state index contributed by atoms with van der Waals surface area (Å²) >= 11 is 12.6. The van der Waals surface area contributed by atoms with Gasteiger partial charge in [0.25, 0.3) is 10.0 Å². The first kappa shape index (κ1) is 18.1. The third kappa shape index (κ3) is 4.60. The van der Waals surface area contributed by atoms with Crippen LogP contribution in [0.2, 0.25) is 8.67 Å². The highest BCUT2D eigenvalue weighted by Crippen LogP contribution is 2.35. The lowest BCUT2D eigenvalue weighted by Gasteiger charge is -2.09. The summed E-state index contributed by atoms with van der Waals surface area (Å²) < 4.78 is 32.3. The summed E-state index contributed by atoms with van der Waals surface area (Å²) in [5, 5.41) is 0. The first-order valence-corrected chi connectivity index (χ1v) is 9.53. The van der Waals surface area contributed by atoms with Gasteiger partial charge in [-0.1, -0.05) is 23.2 Å². The predicted molar refractivity (Wildman–Crippen MR) is 92.1 cm³/mol. The summed E-state index contributed by atoms with van der Waals surface area (Å²) in [4.78, 5) is 11.6. The van der Waals surface area contributed by atoms with E-state index in [9.17, 15) is 13.2 Å². The van der Waals surface area contributed by atoms with Crippen molar-refractivity contribution in [3.05, 3.63) is 44.6 Å². The quantitative estimate of drug-likeness (QED) is 0.762. The second kappa shape index (κ2) is 7.09. The summed E-state index contributed by atoms with van der Waals surface area (Å²) in [6.45, 7) is 3.49. The third-order valence-electron chi connectivity index (χ3n) is 2.63. The molecule has 0 aliphatic carbocycles. The molecule has 1 N–H and O–H groups in total. The van der Waals surface area contributed by atoms with Crippen molar-refractivity contribution in [2.45, 2.75) is 24.8 Å². The lowest BCUT2D eigenvalue weighted by atomic mass is 10.2. The lowest BCUT2D eigenvalue weighted by Crippen LogP contribution is -2.13. The van der Waals surface area contributed by atoms with Crippen molar-refractivity contribution in [3.63, 3.8) is 0 Å². The SMILES string of the molecule is CC(C)OC(=O)c1ccc(NS(=O)(=O)c2cc(Cl)sc2Cl)cc1. The largest absolute Gasteiger partial charge is 0.459 e. The molecular formula is C14H13Cl2NO4S2. The summed E-state index contributed by atoms with van der Waals surface area (Å²) in [5.74, 6) is -0.470. The minimum atomic E-state index is -3.85. The fraction of sp³-hybridized carbons (Fsp3) is 0.214. The molecule has 0 radical (unpaired) electrons. The Bertz CT molecular complexity index is 814. The minimum absolute atomic E-state index is 0.0830. The molecule has 0 unspecified atom stereocenters. The topological polar surface area (TPSA) is 72.5 Å². The maximum Gasteiger partial charge on any atom is 0.338 e. The van der Waals surface area contributed by atoms with Crippen molar-refractivity contribution in [2.75, 3.05) is 4.72 Å². The van der Waals surface area contributed by atoms with Gasteiger partial charge in [0.2, 0.25) is 0 Å². The number of nitrogens with one attached hydrogen (secondary N) is 1. The van der Waals surface area contributed by atoms with E-state index in [1.54, 1.807) is 13.8 Å². The molecule has 23 heavy (non-hydrogen) atoms. The van der Waals surface area contributed by atoms with E-state index in [0.29, 0.717) is 11.3 Å². The van der Waals surface area contributed by atoms with Crippen molar-refractivity contribution in [1.82, 2.24) is 0 Å². The fourth-order valence-corrected chi connectivity index (χ4v) is 4.88. The van der Waals surface area contributed by atoms with E-state index in [0.717, 1.165) is 11.3 Å². The van der Waals surface area contributed by atoms with Crippen LogP contribution in [-0.2, 0) is 14.8 Å². The molecule has 1 aromatic carbocycles. The van der Waals surface area contributed by atoms with E-state index in [-0.39, 0.29) is 19.7 Å². The van der Waals surface area contributed by atoms with Crippen LogP contribution in [0.3, 0.4) is 0 Å². The number of rotatable bonds is 5. The smallest absolute Gasteiger partial charge is 0.338 e. The number of sulfonamides is 1. The van der Waals surface area contributed by atoms with Crippen molar-refractivity contribution in [3.8, 4) is 0 Å². The number of anilines is 1. The van der Waals surface area contributed by atoms with Gasteiger partial charge in [-0.25, -0.2) is 13.2 Å². The molecule has 0 fully saturated rings. The third-order valence-corrected chi connectivity index (χ3v) is 5.76. The number of hydrogen-bond donors (Lipinski definition) is 1. The van der Waals surface area contributed by atoms with Gasteiger partial charge in [-0.05, 0) is 44.2 Å². The zero-order chi connectivity index (χ0) is 17.2. The molecule has 0 spiro atoms. The molecule has 0 amide bonds. The molecule has 1 aromatic heterocycles. The monoisotopic (exact) mass is 393 g/mol. The van der Waals surface area contributed by atoms with E-state index in [1.807, 2.05) is 0 Å². The second-order valence-corrected chi connectivity index (χ2v) is 8.76. The normalized spacial score (nSPS) is 11.5. The molecule has 124 valence electrons. The standard InChI is InChI=1S/C14H13Cl2NO4S2/c1-8(2)21-14(18)9-3-5-10(6-4-9)17-23(19,20)11-7-12(15)22-13(11)16/h3-8,17H,1-2H3. The number of halogens is 2. The highest BCUT2D eigenvalue weighted by Gasteiger charge is 2.21. The molecular weight excluding hydrogens is 381 g/mol. The van der Waals surface area contributed by atoms with Gasteiger partial charge in [0.05, 0.1) is 16.0 Å². The zero-order valence-corrected chi connectivity index (χ0v) is 15.3. The number of carbonyl (C=O) groups is 1. The molecule has 0 bridgehead atoms. The van der Waals surface area contributed by atoms with Crippen LogP contribution in [0.25, 0.3) is 0 Å². The molecule has 0 saturated heterocycles. The number of carbonyl (C=O) groups excluding carboxylic acids is 1. The Hall–Kier alpha value is -1.28. The number of ether oxygens (including phenoxy) is 1. The van der Waals surface area contributed by atoms with E-state index in [2.05, 4.69) is 4.72 Å². The fourth-order valence-electron chi connectivity index (χ4n) is 1.67. The zero-order valence-electron chi connectivity index (χ0n) is 12.2. The minimum Gasteiger partial charge on any atom is -0.459 e. The number of benzene rings is 1. The molecule has 1 heterocycles. The Morgan fingerprint density at radius 1 is 1.22 bits per heavy atom. The summed E-state index contributed by atoms with van der Waals surface area (Å²) in [6.07, 6.45) is -0.230. The van der Waals surface area contributed by atoms with Crippen LogP contribution >= 0.6 is 34.5 Å². The van der Waals surface area contributed by atoms with Crippen LogP contribution in [-0.4, -0.2) is 20.5 Å². The van der Waals surface area contributed by atoms with Gasteiger partial charge in [0.15, 0.2) is 0 Å². The Balaban J connectivity index is 2.17. The molecule has 2 rings (SSSR count). The van der Waals surface area contributed by atoms with Crippen LogP contribution in [0.15, 0.2) is 35.2 Å². The average molecular weight is 394 g/mol. The van der Waals surface area contributed by atoms with Crippen LogP contribution in [0.5, 0.6) is 0 Å². The number of thiophene rings is 1. The molecule has 0 aliphatic heterocycles. The average Bonchev–Trinajstić information content (AvgIpc) is 2.78. The highest BCUT2D eigenvalue weighted by atomic mass is 35.5. The van der Waals surface area contributed by atoms with E-state index in [1.165, 1.54) is 30.3 Å². The number of esters is 1. The van der Waals surface area contributed by atoms with Gasteiger partial charge in [-0.15, -0.1) is 11.3 Å². The van der Waals surface area contributed by atoms with E-state index >= 15 is 0 Å². The van der Waals surface area contributed by atoms with E-state index < -0.39 is 16.0 Å². The lowest BCUT2D eigenvalue weighted by molar-refractivity contribution is 0.0378. The number of hydrogen-bond acceptors (Lipinski definition) is 5. The van der Waals surface area contributed by atoms with Gasteiger partial charge >= 0.3 is 5.97 Å². The molecule has 5 nitrogen and oxygen atoms in total. The van der Waals surface area contributed by atoms with E-state index in [4.69, 9.17) is 27.9 Å². The van der Waals surface area contributed by atoms with Crippen molar-refractivity contribution in [2.24, 2.45) is 0 Å². The van der Waals surface area contributed by atoms with Crippen LogP contribution in [0.1, 0.15) is 24.2 Å². The predicted octanol–water partition coefficient (Wildman–Crippen LogP) is 4.42. The van der Waals surface area contributed by atoms with Crippen LogP contribution in [0.4, 0.5) is 5.69 Å². The van der Waals surface area contributed by atoms with Gasteiger partial charge in [-0.3, -0.25) is 4.72 Å². The molecule has 9 heteroatoms. The summed E-state index contributed by atoms with van der Waals surface area (Å²) in [6, 6.07) is 7.17. The van der Waals surface area contributed by atoms with Crippen molar-refractivity contribution >= 4 is 56.2 Å². The van der Waals surface area contributed by atoms with Crippen molar-refractivity contribution < 1.29 is 17.9 Å². The van der Waals surface area contributed by atoms with Gasteiger partial charge in [0, 0.05) is 5.69 Å². The van der Waals surface area contributed by atoms with Gasteiger partial charge < -0.3 is 4.74 Å². The summed E-state index contributed by atoms with van der Waals surface area (Å²) in [5.41, 5.74) is 0.628. The van der Waals surface area contributed by atoms with Crippen LogP contribution in [0, 0.1) is 0 Å². The van der Waals surface area contributed by atoms with Crippen LogP contribution < -0.4 is 4.72 Å². The Morgan fingerprint density at radius 2 is 1.83 bits per heavy atom. The first-order valence-electron chi connectivity index (χ1n) is 6.48. The Morgan fingerprint density at radius 3 is 2.30 bits per heavy atom. The molecule has 0 saturated carbocycles. The Labute approximate surface area is 148 Å². The molecule has 0 aliphatic rings. The first-order chi connectivity index (χ1) is 10.7. The van der Waals surface area contributed by atoms with Crippen molar-refractivity contribution in [1.29, 1.82) is 0 Å².